The van der Waals surface area contributed by atoms with Gasteiger partial charge in [0.05, 0.1) is 6.04 Å². The van der Waals surface area contributed by atoms with Gasteiger partial charge < -0.3 is 11.5 Å². The molecule has 1 aromatic heterocycles. The molecule has 22 heavy (non-hydrogen) atoms. The highest BCUT2D eigenvalue weighted by Crippen LogP contribution is 2.46. The van der Waals surface area contributed by atoms with E-state index >= 15 is 0 Å². The molecule has 2 aliphatic carbocycles. The van der Waals surface area contributed by atoms with E-state index in [2.05, 4.69) is 11.1 Å². The molecule has 1 fully saturated rings. The Morgan fingerprint density at radius 2 is 2.18 bits per heavy atom. The topological polar surface area (TPSA) is 82.0 Å². The maximum atomic E-state index is 13.0. The first-order valence-electron chi connectivity index (χ1n) is 7.61. The van der Waals surface area contributed by atoms with Crippen LogP contribution in [0.1, 0.15) is 37.8 Å². The van der Waals surface area contributed by atoms with E-state index in [1.165, 1.54) is 0 Å². The number of allylic oxidation sites excluding steroid dienone is 3. The Hall–Kier alpha value is -1.65. The Balaban J connectivity index is 1.97. The van der Waals surface area contributed by atoms with Crippen molar-refractivity contribution >= 4 is 23.2 Å². The molecule has 2 atom stereocenters. The lowest BCUT2D eigenvalue weighted by molar-refractivity contribution is -0.116. The van der Waals surface area contributed by atoms with Gasteiger partial charge in [0.1, 0.15) is 5.82 Å². The van der Waals surface area contributed by atoms with Crippen molar-refractivity contribution in [2.75, 3.05) is 5.73 Å². The summed E-state index contributed by atoms with van der Waals surface area (Å²) in [7, 11) is 0. The summed E-state index contributed by atoms with van der Waals surface area (Å²) in [4.78, 5) is 17.0. The Kier molecular flexibility index (Phi) is 4.06. The summed E-state index contributed by atoms with van der Waals surface area (Å²) in [6.07, 6.45) is 6.85. The van der Waals surface area contributed by atoms with Gasteiger partial charge in [-0.05, 0) is 42.7 Å². The Morgan fingerprint density at radius 3 is 2.82 bits per heavy atom. The summed E-state index contributed by atoms with van der Waals surface area (Å²) < 4.78 is 0. The van der Waals surface area contributed by atoms with Crippen LogP contribution in [0.3, 0.4) is 0 Å². The van der Waals surface area contributed by atoms with Crippen molar-refractivity contribution in [2.45, 2.75) is 32.2 Å². The summed E-state index contributed by atoms with van der Waals surface area (Å²) in [5, 5.41) is 0.632. The maximum Gasteiger partial charge on any atom is 0.185 e. The van der Waals surface area contributed by atoms with Crippen molar-refractivity contribution < 1.29 is 4.79 Å². The molecule has 1 saturated carbocycles. The minimum absolute atomic E-state index is 0.154. The number of carbonyl (C=O) groups excluding carboxylic acids is 1. The molecule has 1 heterocycles. The molecule has 2 unspecified atom stereocenters. The fraction of sp³-hybridized carbons (Fsp3) is 0.412. The highest BCUT2D eigenvalue weighted by molar-refractivity contribution is 6.33. The second-order valence-corrected chi connectivity index (χ2v) is 6.52. The van der Waals surface area contributed by atoms with Crippen molar-refractivity contribution in [3.8, 4) is 0 Å². The molecule has 5 heteroatoms. The average Bonchev–Trinajstić information content (AvgIpc) is 3.33. The van der Waals surface area contributed by atoms with Crippen LogP contribution in [-0.2, 0) is 4.79 Å². The lowest BCUT2D eigenvalue weighted by Crippen LogP contribution is -2.27. The number of anilines is 1. The van der Waals surface area contributed by atoms with Gasteiger partial charge in [-0.1, -0.05) is 30.7 Å². The van der Waals surface area contributed by atoms with Crippen LogP contribution in [-0.4, -0.2) is 10.8 Å². The standard InChI is InChI=1S/C17H20ClN3O/c1-9-4-7-11(10-5-6-10)13(14(9)18)16(22)15(19)12-3-2-8-21-17(12)20/h2-3,7-10,15H,4-6,19H2,1H3,(H2,20,21). The fourth-order valence-corrected chi connectivity index (χ4v) is 3.20. The van der Waals surface area contributed by atoms with E-state index in [9.17, 15) is 4.79 Å². The van der Waals surface area contributed by atoms with Gasteiger partial charge in [-0.3, -0.25) is 4.79 Å². The van der Waals surface area contributed by atoms with Crippen LogP contribution in [0.25, 0.3) is 0 Å². The van der Waals surface area contributed by atoms with E-state index in [0.29, 0.717) is 27.9 Å². The molecule has 0 spiro atoms. The molecular formula is C17H20ClN3O. The smallest absolute Gasteiger partial charge is 0.185 e. The van der Waals surface area contributed by atoms with E-state index in [1.807, 2.05) is 6.92 Å². The number of rotatable bonds is 4. The highest BCUT2D eigenvalue weighted by atomic mass is 35.5. The lowest BCUT2D eigenvalue weighted by Gasteiger charge is -2.24. The molecule has 0 radical (unpaired) electrons. The van der Waals surface area contributed by atoms with Crippen molar-refractivity contribution in [3.63, 3.8) is 0 Å². The zero-order chi connectivity index (χ0) is 15.9. The number of Topliss-reactive ketones (excluding diaryl/α,β-unsaturated/α-hetero) is 1. The van der Waals surface area contributed by atoms with E-state index in [-0.39, 0.29) is 11.7 Å². The number of halogens is 1. The molecule has 0 saturated heterocycles. The number of nitrogens with two attached hydrogens (primary N) is 2. The molecule has 0 aromatic carbocycles. The van der Waals surface area contributed by atoms with Crippen molar-refractivity contribution in [1.29, 1.82) is 0 Å². The number of pyridine rings is 1. The number of hydrogen-bond donors (Lipinski definition) is 2. The van der Waals surface area contributed by atoms with Gasteiger partial charge in [-0.2, -0.15) is 0 Å². The summed E-state index contributed by atoms with van der Waals surface area (Å²) in [6.45, 7) is 2.03. The van der Waals surface area contributed by atoms with Crippen LogP contribution in [0.15, 0.2) is 40.6 Å². The largest absolute Gasteiger partial charge is 0.383 e. The summed E-state index contributed by atoms with van der Waals surface area (Å²) in [5.41, 5.74) is 14.3. The first-order valence-corrected chi connectivity index (χ1v) is 7.98. The van der Waals surface area contributed by atoms with E-state index in [0.717, 1.165) is 24.8 Å². The molecular weight excluding hydrogens is 298 g/mol. The minimum Gasteiger partial charge on any atom is -0.383 e. The third kappa shape index (κ3) is 2.69. The quantitative estimate of drug-likeness (QED) is 0.894. The lowest BCUT2D eigenvalue weighted by atomic mass is 9.83. The second kappa shape index (κ2) is 5.86. The highest BCUT2D eigenvalue weighted by Gasteiger charge is 2.37. The molecule has 4 N–H and O–H groups in total. The van der Waals surface area contributed by atoms with E-state index in [1.54, 1.807) is 18.3 Å². The summed E-state index contributed by atoms with van der Waals surface area (Å²) in [5.74, 6) is 0.746. The van der Waals surface area contributed by atoms with Gasteiger partial charge >= 0.3 is 0 Å². The number of hydrogen-bond acceptors (Lipinski definition) is 4. The van der Waals surface area contributed by atoms with Gasteiger partial charge in [0, 0.05) is 22.4 Å². The van der Waals surface area contributed by atoms with Gasteiger partial charge in [-0.25, -0.2) is 4.98 Å². The van der Waals surface area contributed by atoms with Crippen LogP contribution < -0.4 is 11.5 Å². The molecule has 2 aliphatic rings. The van der Waals surface area contributed by atoms with Crippen molar-refractivity contribution in [2.24, 2.45) is 17.6 Å². The van der Waals surface area contributed by atoms with Crippen LogP contribution in [0, 0.1) is 11.8 Å². The molecule has 0 amide bonds. The van der Waals surface area contributed by atoms with Gasteiger partial charge in [0.2, 0.25) is 0 Å². The van der Waals surface area contributed by atoms with Crippen LogP contribution in [0.5, 0.6) is 0 Å². The van der Waals surface area contributed by atoms with Gasteiger partial charge in [-0.15, -0.1) is 0 Å². The summed E-state index contributed by atoms with van der Waals surface area (Å²) in [6, 6.07) is 2.65. The van der Waals surface area contributed by atoms with E-state index in [4.69, 9.17) is 23.1 Å². The maximum absolute atomic E-state index is 13.0. The average molecular weight is 318 g/mol. The number of nitrogen functional groups attached to an aromatic ring is 1. The zero-order valence-corrected chi connectivity index (χ0v) is 13.3. The first-order chi connectivity index (χ1) is 10.5. The van der Waals surface area contributed by atoms with Crippen LogP contribution >= 0.6 is 11.6 Å². The summed E-state index contributed by atoms with van der Waals surface area (Å²) >= 11 is 6.48. The third-order valence-corrected chi connectivity index (χ3v) is 4.97. The molecule has 0 bridgehead atoms. The van der Waals surface area contributed by atoms with Crippen molar-refractivity contribution in [1.82, 2.24) is 4.98 Å². The van der Waals surface area contributed by atoms with E-state index < -0.39 is 6.04 Å². The minimum atomic E-state index is -0.829. The number of ketones is 1. The number of nitrogens with zero attached hydrogens (tertiary/aromatic N) is 1. The fourth-order valence-electron chi connectivity index (χ4n) is 2.91. The van der Waals surface area contributed by atoms with Gasteiger partial charge in [0.25, 0.3) is 0 Å². The van der Waals surface area contributed by atoms with Crippen LogP contribution in [0.2, 0.25) is 0 Å². The predicted octanol–water partition coefficient (Wildman–Crippen LogP) is 3.10. The normalized spacial score (nSPS) is 23.2. The van der Waals surface area contributed by atoms with Crippen LogP contribution in [0.4, 0.5) is 5.82 Å². The Bertz CT molecular complexity index is 676. The monoisotopic (exact) mass is 317 g/mol. The van der Waals surface area contributed by atoms with Gasteiger partial charge in [0.15, 0.2) is 5.78 Å². The Morgan fingerprint density at radius 1 is 1.45 bits per heavy atom. The molecule has 116 valence electrons. The molecule has 3 rings (SSSR count). The number of carbonyl (C=O) groups is 1. The van der Waals surface area contributed by atoms with Crippen molar-refractivity contribution in [3.05, 3.63) is 46.1 Å². The SMILES string of the molecule is CC1CC=C(C2CC2)C(C(=O)C(N)c2cccnc2N)=C1Cl. The Labute approximate surface area is 135 Å². The second-order valence-electron chi connectivity index (χ2n) is 6.11. The molecule has 4 nitrogen and oxygen atoms in total. The number of aromatic nitrogens is 1. The zero-order valence-electron chi connectivity index (χ0n) is 12.6. The third-order valence-electron chi connectivity index (χ3n) is 4.40. The molecule has 0 aliphatic heterocycles. The molecule has 1 aromatic rings. The predicted molar refractivity (Wildman–Crippen MR) is 88.1 cm³/mol. The first kappa shape index (κ1) is 15.3.